The number of ether oxygens (including phenoxy) is 1. The predicted molar refractivity (Wildman–Crippen MR) is 123 cm³/mol. The van der Waals surface area contributed by atoms with Crippen molar-refractivity contribution in [1.82, 2.24) is 0 Å². The Balaban J connectivity index is 1.86. The van der Waals surface area contributed by atoms with E-state index in [1.807, 2.05) is 51.1 Å². The van der Waals surface area contributed by atoms with Gasteiger partial charge in [0, 0.05) is 0 Å². The van der Waals surface area contributed by atoms with Crippen LogP contribution in [-0.4, -0.2) is 18.4 Å². The number of hydrogen-bond acceptors (Lipinski definition) is 4. The first-order valence-corrected chi connectivity index (χ1v) is 10.4. The Labute approximate surface area is 186 Å². The molecule has 2 amide bonds. The first kappa shape index (κ1) is 21.3. The first-order valence-electron chi connectivity index (χ1n) is 10.4. The number of carbonyl (C=O) groups excluding carboxylic acids is 2. The molecule has 0 saturated heterocycles. The van der Waals surface area contributed by atoms with E-state index in [4.69, 9.17) is 4.74 Å². The van der Waals surface area contributed by atoms with Crippen molar-refractivity contribution < 1.29 is 18.7 Å². The molecular formula is C26H23FN2O3. The molecule has 162 valence electrons. The van der Waals surface area contributed by atoms with Gasteiger partial charge in [0.1, 0.15) is 17.3 Å². The average molecular weight is 430 g/mol. The Morgan fingerprint density at radius 3 is 2.41 bits per heavy atom. The fourth-order valence-electron chi connectivity index (χ4n) is 3.65. The van der Waals surface area contributed by atoms with Crippen LogP contribution in [0.25, 0.3) is 5.57 Å². The van der Waals surface area contributed by atoms with E-state index < -0.39 is 17.6 Å². The largest absolute Gasteiger partial charge is 0.492 e. The van der Waals surface area contributed by atoms with E-state index in [1.54, 1.807) is 12.1 Å². The second-order valence-electron chi connectivity index (χ2n) is 7.53. The molecule has 1 aliphatic heterocycles. The number of halogens is 1. The molecule has 1 N–H and O–H groups in total. The van der Waals surface area contributed by atoms with Gasteiger partial charge in [0.2, 0.25) is 0 Å². The molecule has 0 saturated carbocycles. The summed E-state index contributed by atoms with van der Waals surface area (Å²) in [7, 11) is 0. The van der Waals surface area contributed by atoms with Crippen molar-refractivity contribution in [1.29, 1.82) is 0 Å². The molecule has 1 aliphatic rings. The van der Waals surface area contributed by atoms with E-state index in [2.05, 4.69) is 5.32 Å². The van der Waals surface area contributed by atoms with Gasteiger partial charge < -0.3 is 10.1 Å². The van der Waals surface area contributed by atoms with Gasteiger partial charge in [-0.3, -0.25) is 9.59 Å². The van der Waals surface area contributed by atoms with E-state index in [0.29, 0.717) is 23.6 Å². The first-order chi connectivity index (χ1) is 15.4. The highest BCUT2D eigenvalue weighted by Gasteiger charge is 2.40. The number of hydrogen-bond donors (Lipinski definition) is 1. The maximum atomic E-state index is 13.9. The van der Waals surface area contributed by atoms with Crippen LogP contribution in [0.15, 0.2) is 72.4 Å². The van der Waals surface area contributed by atoms with Crippen molar-refractivity contribution in [3.63, 3.8) is 0 Å². The lowest BCUT2D eigenvalue weighted by Crippen LogP contribution is -2.32. The van der Waals surface area contributed by atoms with Gasteiger partial charge in [0.05, 0.1) is 23.6 Å². The molecule has 3 aromatic rings. The molecule has 5 nitrogen and oxygen atoms in total. The lowest BCUT2D eigenvalue weighted by Gasteiger charge is -2.16. The lowest BCUT2D eigenvalue weighted by molar-refractivity contribution is -0.120. The summed E-state index contributed by atoms with van der Waals surface area (Å²) < 4.78 is 19.5. The number of rotatable bonds is 6. The van der Waals surface area contributed by atoms with Gasteiger partial charge in [-0.2, -0.15) is 0 Å². The van der Waals surface area contributed by atoms with Crippen LogP contribution in [0, 0.1) is 19.7 Å². The van der Waals surface area contributed by atoms with Crippen LogP contribution >= 0.6 is 0 Å². The molecule has 3 aromatic carbocycles. The minimum Gasteiger partial charge on any atom is -0.492 e. The van der Waals surface area contributed by atoms with E-state index in [-0.39, 0.29) is 17.0 Å². The molecular weight excluding hydrogens is 407 g/mol. The van der Waals surface area contributed by atoms with Crippen LogP contribution in [0.1, 0.15) is 23.6 Å². The maximum absolute atomic E-state index is 13.9. The van der Waals surface area contributed by atoms with E-state index in [9.17, 15) is 14.0 Å². The molecule has 4 rings (SSSR count). The second kappa shape index (κ2) is 8.67. The van der Waals surface area contributed by atoms with Crippen molar-refractivity contribution in [2.75, 3.05) is 16.8 Å². The Morgan fingerprint density at radius 2 is 1.69 bits per heavy atom. The Morgan fingerprint density at radius 1 is 0.906 bits per heavy atom. The SMILES string of the molecule is CCOc1ccccc1NC1=C(c2ccc(C)c(C)c2)C(=O)N(c2cccc(F)c2)C1=O. The summed E-state index contributed by atoms with van der Waals surface area (Å²) >= 11 is 0. The molecule has 0 fully saturated rings. The van der Waals surface area contributed by atoms with Gasteiger partial charge in [-0.1, -0.05) is 36.4 Å². The van der Waals surface area contributed by atoms with Gasteiger partial charge in [0.25, 0.3) is 11.8 Å². The number of benzene rings is 3. The number of nitrogens with one attached hydrogen (secondary N) is 1. The van der Waals surface area contributed by atoms with Gasteiger partial charge in [0.15, 0.2) is 0 Å². The predicted octanol–water partition coefficient (Wildman–Crippen LogP) is 5.24. The number of para-hydroxylation sites is 2. The smallest absolute Gasteiger partial charge is 0.282 e. The summed E-state index contributed by atoms with van der Waals surface area (Å²) in [6.07, 6.45) is 0. The zero-order valence-electron chi connectivity index (χ0n) is 18.1. The number of nitrogens with zero attached hydrogens (tertiary/aromatic N) is 1. The fourth-order valence-corrected chi connectivity index (χ4v) is 3.65. The normalized spacial score (nSPS) is 13.7. The molecule has 0 bridgehead atoms. The van der Waals surface area contributed by atoms with Gasteiger partial charge >= 0.3 is 0 Å². The lowest BCUT2D eigenvalue weighted by atomic mass is 9.99. The zero-order chi connectivity index (χ0) is 22.8. The van der Waals surface area contributed by atoms with Crippen molar-refractivity contribution in [3.05, 3.63) is 94.9 Å². The molecule has 0 radical (unpaired) electrons. The van der Waals surface area contributed by atoms with Crippen LogP contribution in [-0.2, 0) is 9.59 Å². The Bertz CT molecular complexity index is 1250. The van der Waals surface area contributed by atoms with Crippen molar-refractivity contribution in [2.45, 2.75) is 20.8 Å². The van der Waals surface area contributed by atoms with Gasteiger partial charge in [-0.05, 0) is 67.8 Å². The highest BCUT2D eigenvalue weighted by Crippen LogP contribution is 2.36. The van der Waals surface area contributed by atoms with E-state index >= 15 is 0 Å². The van der Waals surface area contributed by atoms with Crippen molar-refractivity contribution in [2.24, 2.45) is 0 Å². The summed E-state index contributed by atoms with van der Waals surface area (Å²) in [5.74, 6) is -1.04. The van der Waals surface area contributed by atoms with Crippen LogP contribution in [0.2, 0.25) is 0 Å². The molecule has 0 spiro atoms. The standard InChI is InChI=1S/C26H23FN2O3/c1-4-32-22-11-6-5-10-21(22)28-24-23(18-13-12-16(2)17(3)14-18)25(30)29(26(24)31)20-9-7-8-19(27)15-20/h5-15,28H,4H2,1-3H3. The van der Waals surface area contributed by atoms with Crippen LogP contribution in [0.5, 0.6) is 5.75 Å². The number of aryl methyl sites for hydroxylation is 2. The molecule has 1 heterocycles. The van der Waals surface area contributed by atoms with Crippen LogP contribution < -0.4 is 15.0 Å². The highest BCUT2D eigenvalue weighted by atomic mass is 19.1. The van der Waals surface area contributed by atoms with Crippen molar-refractivity contribution in [3.8, 4) is 5.75 Å². The third-order valence-electron chi connectivity index (χ3n) is 5.39. The summed E-state index contributed by atoms with van der Waals surface area (Å²) in [6.45, 7) is 6.24. The monoisotopic (exact) mass is 430 g/mol. The van der Waals surface area contributed by atoms with E-state index in [0.717, 1.165) is 16.0 Å². The number of imide groups is 1. The minimum atomic E-state index is -0.555. The summed E-state index contributed by atoms with van der Waals surface area (Å²) in [4.78, 5) is 27.9. The Kier molecular flexibility index (Phi) is 5.77. The quantitative estimate of drug-likeness (QED) is 0.544. The Hall–Kier alpha value is -3.93. The summed E-state index contributed by atoms with van der Waals surface area (Å²) in [5, 5.41) is 3.12. The topological polar surface area (TPSA) is 58.6 Å². The summed E-state index contributed by atoms with van der Waals surface area (Å²) in [5.41, 5.74) is 3.77. The van der Waals surface area contributed by atoms with Gasteiger partial charge in [-0.25, -0.2) is 9.29 Å². The number of carbonyl (C=O) groups is 2. The minimum absolute atomic E-state index is 0.120. The molecule has 0 aliphatic carbocycles. The average Bonchev–Trinajstić information content (AvgIpc) is 3.01. The molecule has 32 heavy (non-hydrogen) atoms. The maximum Gasteiger partial charge on any atom is 0.282 e. The van der Waals surface area contributed by atoms with Crippen LogP contribution in [0.3, 0.4) is 0 Å². The van der Waals surface area contributed by atoms with Crippen molar-refractivity contribution >= 4 is 28.8 Å². The highest BCUT2D eigenvalue weighted by molar-refractivity contribution is 6.46. The number of anilines is 2. The third-order valence-corrected chi connectivity index (χ3v) is 5.39. The van der Waals surface area contributed by atoms with E-state index in [1.165, 1.54) is 24.3 Å². The number of amides is 2. The summed E-state index contributed by atoms with van der Waals surface area (Å²) in [6, 6.07) is 18.2. The third kappa shape index (κ3) is 3.87. The molecule has 0 aromatic heterocycles. The van der Waals surface area contributed by atoms with Crippen LogP contribution in [0.4, 0.5) is 15.8 Å². The zero-order valence-corrected chi connectivity index (χ0v) is 18.1. The molecule has 0 unspecified atom stereocenters. The fraction of sp³-hybridized carbons (Fsp3) is 0.154. The second-order valence-corrected chi connectivity index (χ2v) is 7.53. The van der Waals surface area contributed by atoms with Gasteiger partial charge in [-0.15, -0.1) is 0 Å². The molecule has 0 atom stereocenters. The molecule has 6 heteroatoms.